The third kappa shape index (κ3) is 1.89. The van der Waals surface area contributed by atoms with E-state index in [1.165, 1.54) is 5.56 Å². The van der Waals surface area contributed by atoms with Crippen LogP contribution in [-0.2, 0) is 6.42 Å². The summed E-state index contributed by atoms with van der Waals surface area (Å²) in [6, 6.07) is 6.70. The van der Waals surface area contributed by atoms with Gasteiger partial charge in [0.2, 0.25) is 0 Å². The Morgan fingerprint density at radius 3 is 3.00 bits per heavy atom. The lowest BCUT2D eigenvalue weighted by molar-refractivity contribution is 0.733. The SMILES string of the molecule is CNCCc1ccc2c(c1)[nH]c(=O)n2C1CC1. The molecule has 0 amide bonds. The van der Waals surface area contributed by atoms with Gasteiger partial charge in [-0.15, -0.1) is 0 Å². The first-order valence-electron chi connectivity index (χ1n) is 6.17. The van der Waals surface area contributed by atoms with Gasteiger partial charge in [-0.1, -0.05) is 6.07 Å². The summed E-state index contributed by atoms with van der Waals surface area (Å²) >= 11 is 0. The molecule has 17 heavy (non-hydrogen) atoms. The summed E-state index contributed by atoms with van der Waals surface area (Å²) in [7, 11) is 1.95. The number of imidazole rings is 1. The molecule has 0 atom stereocenters. The van der Waals surface area contributed by atoms with Crippen LogP contribution in [0.15, 0.2) is 23.0 Å². The van der Waals surface area contributed by atoms with Crippen LogP contribution in [0.1, 0.15) is 24.4 Å². The highest BCUT2D eigenvalue weighted by molar-refractivity contribution is 5.76. The molecule has 0 radical (unpaired) electrons. The maximum atomic E-state index is 11.8. The topological polar surface area (TPSA) is 49.8 Å². The number of nitrogens with zero attached hydrogens (tertiary/aromatic N) is 1. The van der Waals surface area contributed by atoms with Crippen LogP contribution in [0, 0.1) is 0 Å². The minimum atomic E-state index is 0.0354. The summed E-state index contributed by atoms with van der Waals surface area (Å²) < 4.78 is 1.90. The molecule has 0 unspecified atom stereocenters. The molecule has 0 aliphatic heterocycles. The molecule has 90 valence electrons. The number of nitrogens with one attached hydrogen (secondary N) is 2. The van der Waals surface area contributed by atoms with Crippen molar-refractivity contribution in [3.63, 3.8) is 0 Å². The Balaban J connectivity index is 2.03. The Hall–Kier alpha value is -1.55. The number of H-pyrrole nitrogens is 1. The minimum Gasteiger partial charge on any atom is -0.319 e. The van der Waals surface area contributed by atoms with E-state index in [0.717, 1.165) is 36.8 Å². The fourth-order valence-corrected chi connectivity index (χ4v) is 2.30. The highest BCUT2D eigenvalue weighted by atomic mass is 16.1. The summed E-state index contributed by atoms with van der Waals surface area (Å²) in [5.74, 6) is 0. The highest BCUT2D eigenvalue weighted by Crippen LogP contribution is 2.35. The predicted octanol–water partition coefficient (Wildman–Crippen LogP) is 1.43. The molecule has 1 saturated carbocycles. The summed E-state index contributed by atoms with van der Waals surface area (Å²) in [6.45, 7) is 0.957. The zero-order valence-corrected chi connectivity index (χ0v) is 9.99. The first kappa shape index (κ1) is 10.6. The second kappa shape index (κ2) is 4.04. The second-order valence-corrected chi connectivity index (χ2v) is 4.74. The molecule has 4 heteroatoms. The van der Waals surface area contributed by atoms with Crippen molar-refractivity contribution in [2.75, 3.05) is 13.6 Å². The van der Waals surface area contributed by atoms with E-state index < -0.39 is 0 Å². The first-order chi connectivity index (χ1) is 8.29. The lowest BCUT2D eigenvalue weighted by Crippen LogP contribution is -2.14. The molecule has 1 heterocycles. The molecule has 1 aliphatic rings. The largest absolute Gasteiger partial charge is 0.326 e. The maximum Gasteiger partial charge on any atom is 0.326 e. The molecule has 3 rings (SSSR count). The second-order valence-electron chi connectivity index (χ2n) is 4.74. The summed E-state index contributed by atoms with van der Waals surface area (Å²) in [6.07, 6.45) is 3.26. The van der Waals surface area contributed by atoms with E-state index in [0.29, 0.717) is 6.04 Å². The van der Waals surface area contributed by atoms with Crippen LogP contribution in [0.25, 0.3) is 11.0 Å². The van der Waals surface area contributed by atoms with Crippen molar-refractivity contribution in [3.05, 3.63) is 34.2 Å². The Labute approximate surface area is 99.6 Å². The maximum absolute atomic E-state index is 11.8. The van der Waals surface area contributed by atoms with E-state index in [1.807, 2.05) is 11.6 Å². The third-order valence-electron chi connectivity index (χ3n) is 3.36. The summed E-state index contributed by atoms with van der Waals surface area (Å²) in [4.78, 5) is 14.8. The van der Waals surface area contributed by atoms with Crippen LogP contribution < -0.4 is 11.0 Å². The van der Waals surface area contributed by atoms with Gasteiger partial charge in [-0.3, -0.25) is 4.57 Å². The molecule has 1 fully saturated rings. The van der Waals surface area contributed by atoms with Gasteiger partial charge < -0.3 is 10.3 Å². The van der Waals surface area contributed by atoms with Gasteiger partial charge in [0.1, 0.15) is 0 Å². The van der Waals surface area contributed by atoms with Gasteiger partial charge in [0.25, 0.3) is 0 Å². The molecule has 0 saturated heterocycles. The van der Waals surface area contributed by atoms with Crippen LogP contribution in [0.3, 0.4) is 0 Å². The molecule has 4 nitrogen and oxygen atoms in total. The highest BCUT2D eigenvalue weighted by Gasteiger charge is 2.26. The Morgan fingerprint density at radius 1 is 1.47 bits per heavy atom. The van der Waals surface area contributed by atoms with Crippen molar-refractivity contribution < 1.29 is 0 Å². The van der Waals surface area contributed by atoms with E-state index in [4.69, 9.17) is 0 Å². The van der Waals surface area contributed by atoms with Crippen molar-refractivity contribution in [2.45, 2.75) is 25.3 Å². The number of benzene rings is 1. The van der Waals surface area contributed by atoms with Crippen LogP contribution >= 0.6 is 0 Å². The monoisotopic (exact) mass is 231 g/mol. The fourth-order valence-electron chi connectivity index (χ4n) is 2.30. The van der Waals surface area contributed by atoms with Gasteiger partial charge in [-0.25, -0.2) is 4.79 Å². The molecule has 1 aromatic carbocycles. The van der Waals surface area contributed by atoms with Crippen LogP contribution in [0.2, 0.25) is 0 Å². The molecular formula is C13H17N3O. The lowest BCUT2D eigenvalue weighted by atomic mass is 10.1. The van der Waals surface area contributed by atoms with Gasteiger partial charge in [0.05, 0.1) is 11.0 Å². The van der Waals surface area contributed by atoms with Crippen molar-refractivity contribution in [2.24, 2.45) is 0 Å². The van der Waals surface area contributed by atoms with Crippen LogP contribution in [0.5, 0.6) is 0 Å². The predicted molar refractivity (Wildman–Crippen MR) is 68.5 cm³/mol. The average molecular weight is 231 g/mol. The third-order valence-corrected chi connectivity index (χ3v) is 3.36. The number of hydrogen-bond donors (Lipinski definition) is 2. The van der Waals surface area contributed by atoms with Crippen LogP contribution in [0.4, 0.5) is 0 Å². The van der Waals surface area contributed by atoms with Gasteiger partial charge >= 0.3 is 5.69 Å². The summed E-state index contributed by atoms with van der Waals surface area (Å²) in [5, 5.41) is 3.13. The number of likely N-dealkylation sites (N-methyl/N-ethyl adjacent to an activating group) is 1. The van der Waals surface area contributed by atoms with E-state index >= 15 is 0 Å². The van der Waals surface area contributed by atoms with Gasteiger partial charge in [-0.2, -0.15) is 0 Å². The van der Waals surface area contributed by atoms with Crippen LogP contribution in [-0.4, -0.2) is 23.1 Å². The minimum absolute atomic E-state index is 0.0354. The van der Waals surface area contributed by atoms with Crippen molar-refractivity contribution in [1.29, 1.82) is 0 Å². The lowest BCUT2D eigenvalue weighted by Gasteiger charge is -2.02. The van der Waals surface area contributed by atoms with E-state index in [-0.39, 0.29) is 5.69 Å². The average Bonchev–Trinajstić information content (AvgIpc) is 3.09. The Morgan fingerprint density at radius 2 is 2.29 bits per heavy atom. The van der Waals surface area contributed by atoms with E-state index in [9.17, 15) is 4.79 Å². The zero-order valence-electron chi connectivity index (χ0n) is 9.99. The van der Waals surface area contributed by atoms with E-state index in [2.05, 4.69) is 28.5 Å². The Bertz CT molecular complexity index is 592. The van der Waals surface area contributed by atoms with Crippen molar-refractivity contribution in [3.8, 4) is 0 Å². The molecular weight excluding hydrogens is 214 g/mol. The standard InChI is InChI=1S/C13H17N3O/c1-14-7-6-9-2-5-12-11(8-9)15-13(17)16(12)10-3-4-10/h2,5,8,10,14H,3-4,6-7H2,1H3,(H,15,17). The first-order valence-corrected chi connectivity index (χ1v) is 6.17. The Kier molecular flexibility index (Phi) is 2.52. The number of aromatic nitrogens is 2. The quantitative estimate of drug-likeness (QED) is 0.836. The molecule has 1 aliphatic carbocycles. The van der Waals surface area contributed by atoms with Gasteiger partial charge in [-0.05, 0) is 50.6 Å². The summed E-state index contributed by atoms with van der Waals surface area (Å²) in [5.41, 5.74) is 3.31. The number of fused-ring (bicyclic) bond motifs is 1. The normalized spacial score (nSPS) is 15.6. The fraction of sp³-hybridized carbons (Fsp3) is 0.462. The smallest absolute Gasteiger partial charge is 0.319 e. The molecule has 0 spiro atoms. The number of aromatic amines is 1. The number of hydrogen-bond acceptors (Lipinski definition) is 2. The molecule has 1 aromatic heterocycles. The van der Waals surface area contributed by atoms with Crippen molar-refractivity contribution in [1.82, 2.24) is 14.9 Å². The van der Waals surface area contributed by atoms with Gasteiger partial charge in [0.15, 0.2) is 0 Å². The molecule has 2 aromatic rings. The number of rotatable bonds is 4. The molecule has 0 bridgehead atoms. The zero-order chi connectivity index (χ0) is 11.8. The molecule has 2 N–H and O–H groups in total. The van der Waals surface area contributed by atoms with Crippen molar-refractivity contribution >= 4 is 11.0 Å². The van der Waals surface area contributed by atoms with Gasteiger partial charge in [0, 0.05) is 6.04 Å². The van der Waals surface area contributed by atoms with E-state index in [1.54, 1.807) is 0 Å².